The summed E-state index contributed by atoms with van der Waals surface area (Å²) in [5.41, 5.74) is 0.148. The number of halogens is 1. The van der Waals surface area contributed by atoms with Crippen LogP contribution in [-0.2, 0) is 0 Å². The van der Waals surface area contributed by atoms with E-state index < -0.39 is 11.5 Å². The Kier molecular flexibility index (Phi) is 1.58. The molecule has 13 heavy (non-hydrogen) atoms. The summed E-state index contributed by atoms with van der Waals surface area (Å²) in [6, 6.07) is 3.04. The van der Waals surface area contributed by atoms with Gasteiger partial charge in [0, 0.05) is 0 Å². The van der Waals surface area contributed by atoms with E-state index >= 15 is 0 Å². The van der Waals surface area contributed by atoms with Crippen LogP contribution in [0.2, 0.25) is 0 Å². The first kappa shape index (κ1) is 7.85. The zero-order chi connectivity index (χ0) is 9.42. The molecule has 0 amide bonds. The number of H-pyrrole nitrogens is 2. The summed E-state index contributed by atoms with van der Waals surface area (Å²) in [4.78, 5) is 15.6. The molecule has 0 fully saturated rings. The van der Waals surface area contributed by atoms with Crippen LogP contribution < -0.4 is 10.4 Å². The van der Waals surface area contributed by atoms with Crippen molar-refractivity contribution >= 4 is 11.0 Å². The molecule has 4 nitrogen and oxygen atoms in total. The average molecular weight is 182 g/mol. The first-order valence-electron chi connectivity index (χ1n) is 3.67. The van der Waals surface area contributed by atoms with Gasteiger partial charge in [0.1, 0.15) is 5.52 Å². The molecule has 0 saturated carbocycles. The third-order valence-electron chi connectivity index (χ3n) is 1.81. The maximum Gasteiger partial charge on any atom is 0.323 e. The van der Waals surface area contributed by atoms with Crippen molar-refractivity contribution in [3.8, 4) is 5.75 Å². The van der Waals surface area contributed by atoms with Gasteiger partial charge in [0.2, 0.25) is 0 Å². The minimum absolute atomic E-state index is 0.114. The standard InChI is InChI=1S/C8H7FN2O2/c1-13-5-3-2-4-7(6(5)9)11-8(12)10-4/h2-3H,1H3,(H2,10,11,12). The highest BCUT2D eigenvalue weighted by molar-refractivity contribution is 5.76. The minimum Gasteiger partial charge on any atom is -0.494 e. The lowest BCUT2D eigenvalue weighted by Crippen LogP contribution is -1.99. The molecule has 1 aromatic heterocycles. The molecular weight excluding hydrogens is 175 g/mol. The fraction of sp³-hybridized carbons (Fsp3) is 0.125. The normalized spacial score (nSPS) is 10.6. The molecule has 0 saturated heterocycles. The van der Waals surface area contributed by atoms with Gasteiger partial charge in [-0.2, -0.15) is 0 Å². The molecule has 0 atom stereocenters. The molecule has 2 aromatic rings. The Labute approximate surface area is 72.3 Å². The SMILES string of the molecule is COc1ccc2[nH]c(=O)[nH]c2c1F. The molecule has 0 aliphatic heterocycles. The lowest BCUT2D eigenvalue weighted by atomic mass is 10.3. The molecule has 2 rings (SSSR count). The van der Waals surface area contributed by atoms with Crippen LogP contribution in [0.25, 0.3) is 11.0 Å². The first-order valence-corrected chi connectivity index (χ1v) is 3.67. The molecule has 0 spiro atoms. The summed E-state index contributed by atoms with van der Waals surface area (Å²) in [5, 5.41) is 0. The number of benzene rings is 1. The molecule has 68 valence electrons. The number of hydrogen-bond acceptors (Lipinski definition) is 2. The lowest BCUT2D eigenvalue weighted by Gasteiger charge is -2.00. The Hall–Kier alpha value is -1.78. The van der Waals surface area contributed by atoms with Crippen molar-refractivity contribution < 1.29 is 9.13 Å². The molecule has 0 radical (unpaired) electrons. The van der Waals surface area contributed by atoms with Crippen LogP contribution in [0.1, 0.15) is 0 Å². The smallest absolute Gasteiger partial charge is 0.323 e. The van der Waals surface area contributed by atoms with Crippen molar-refractivity contribution in [2.24, 2.45) is 0 Å². The quantitative estimate of drug-likeness (QED) is 0.691. The van der Waals surface area contributed by atoms with Crippen LogP contribution in [0.5, 0.6) is 5.75 Å². The van der Waals surface area contributed by atoms with E-state index in [4.69, 9.17) is 4.74 Å². The molecule has 0 aliphatic rings. The van der Waals surface area contributed by atoms with Crippen molar-refractivity contribution in [3.63, 3.8) is 0 Å². The predicted molar refractivity (Wildman–Crippen MR) is 45.4 cm³/mol. The number of methoxy groups -OCH3 is 1. The Morgan fingerprint density at radius 2 is 2.15 bits per heavy atom. The third kappa shape index (κ3) is 1.09. The Morgan fingerprint density at radius 3 is 2.85 bits per heavy atom. The number of imidazole rings is 1. The zero-order valence-electron chi connectivity index (χ0n) is 6.85. The highest BCUT2D eigenvalue weighted by Crippen LogP contribution is 2.22. The number of aromatic nitrogens is 2. The molecule has 5 heteroatoms. The van der Waals surface area contributed by atoms with Gasteiger partial charge in [-0.25, -0.2) is 9.18 Å². The summed E-state index contributed by atoms with van der Waals surface area (Å²) in [6.07, 6.45) is 0. The van der Waals surface area contributed by atoms with E-state index in [9.17, 15) is 9.18 Å². The minimum atomic E-state index is -0.557. The van der Waals surface area contributed by atoms with E-state index in [0.717, 1.165) is 0 Å². The summed E-state index contributed by atoms with van der Waals surface area (Å²) in [7, 11) is 1.37. The maximum atomic E-state index is 13.4. The van der Waals surface area contributed by atoms with Crippen LogP contribution >= 0.6 is 0 Å². The van der Waals surface area contributed by atoms with Crippen molar-refractivity contribution in [2.75, 3.05) is 7.11 Å². The lowest BCUT2D eigenvalue weighted by molar-refractivity contribution is 0.388. The molecule has 0 unspecified atom stereocenters. The van der Waals surface area contributed by atoms with Gasteiger partial charge >= 0.3 is 5.69 Å². The highest BCUT2D eigenvalue weighted by atomic mass is 19.1. The van der Waals surface area contributed by atoms with Gasteiger partial charge < -0.3 is 14.7 Å². The molecule has 1 heterocycles. The maximum absolute atomic E-state index is 13.4. The van der Waals surface area contributed by atoms with Crippen molar-refractivity contribution in [1.29, 1.82) is 0 Å². The van der Waals surface area contributed by atoms with E-state index in [-0.39, 0.29) is 11.3 Å². The largest absolute Gasteiger partial charge is 0.494 e. The van der Waals surface area contributed by atoms with Gasteiger partial charge in [0.05, 0.1) is 12.6 Å². The summed E-state index contributed by atoms with van der Waals surface area (Å²) in [5.74, 6) is -0.443. The molecule has 2 N–H and O–H groups in total. The van der Waals surface area contributed by atoms with Gasteiger partial charge in [-0.3, -0.25) is 0 Å². The second kappa shape index (κ2) is 2.62. The van der Waals surface area contributed by atoms with E-state index in [1.165, 1.54) is 13.2 Å². The monoisotopic (exact) mass is 182 g/mol. The highest BCUT2D eigenvalue weighted by Gasteiger charge is 2.09. The topological polar surface area (TPSA) is 57.9 Å². The fourth-order valence-corrected chi connectivity index (χ4v) is 1.21. The Bertz CT molecular complexity index is 500. The Morgan fingerprint density at radius 1 is 1.38 bits per heavy atom. The van der Waals surface area contributed by atoms with Crippen LogP contribution in [0.3, 0.4) is 0 Å². The summed E-state index contributed by atoms with van der Waals surface area (Å²) >= 11 is 0. The zero-order valence-corrected chi connectivity index (χ0v) is 6.85. The molecule has 0 aliphatic carbocycles. The van der Waals surface area contributed by atoms with E-state index in [1.807, 2.05) is 0 Å². The number of hydrogen-bond donors (Lipinski definition) is 2. The number of nitrogens with one attached hydrogen (secondary N) is 2. The van der Waals surface area contributed by atoms with Gasteiger partial charge in [-0.15, -0.1) is 0 Å². The van der Waals surface area contributed by atoms with Crippen LogP contribution in [0.15, 0.2) is 16.9 Å². The summed E-state index contributed by atoms with van der Waals surface area (Å²) in [6.45, 7) is 0. The van der Waals surface area contributed by atoms with Crippen LogP contribution in [-0.4, -0.2) is 17.1 Å². The summed E-state index contributed by atoms with van der Waals surface area (Å²) < 4.78 is 18.1. The van der Waals surface area contributed by atoms with Crippen molar-refractivity contribution in [3.05, 3.63) is 28.4 Å². The molecule has 1 aromatic carbocycles. The predicted octanol–water partition coefficient (Wildman–Crippen LogP) is 1.00. The number of ether oxygens (including phenoxy) is 1. The van der Waals surface area contributed by atoms with Crippen LogP contribution in [0, 0.1) is 5.82 Å². The fourth-order valence-electron chi connectivity index (χ4n) is 1.21. The second-order valence-electron chi connectivity index (χ2n) is 2.58. The van der Waals surface area contributed by atoms with Gasteiger partial charge in [-0.1, -0.05) is 0 Å². The second-order valence-corrected chi connectivity index (χ2v) is 2.58. The molecule has 0 bridgehead atoms. The molecular formula is C8H7FN2O2. The average Bonchev–Trinajstić information content (AvgIpc) is 2.47. The third-order valence-corrected chi connectivity index (χ3v) is 1.81. The number of rotatable bonds is 1. The van der Waals surface area contributed by atoms with Gasteiger partial charge in [0.25, 0.3) is 0 Å². The van der Waals surface area contributed by atoms with E-state index in [2.05, 4.69) is 9.97 Å². The van der Waals surface area contributed by atoms with E-state index in [1.54, 1.807) is 6.07 Å². The van der Waals surface area contributed by atoms with Crippen molar-refractivity contribution in [1.82, 2.24) is 9.97 Å². The Balaban J connectivity index is 2.85. The van der Waals surface area contributed by atoms with Crippen molar-refractivity contribution in [2.45, 2.75) is 0 Å². The van der Waals surface area contributed by atoms with Gasteiger partial charge in [-0.05, 0) is 12.1 Å². The first-order chi connectivity index (χ1) is 6.22. The van der Waals surface area contributed by atoms with E-state index in [0.29, 0.717) is 5.52 Å². The van der Waals surface area contributed by atoms with Gasteiger partial charge in [0.15, 0.2) is 11.6 Å². The van der Waals surface area contributed by atoms with Crippen LogP contribution in [0.4, 0.5) is 4.39 Å². The number of fused-ring (bicyclic) bond motifs is 1. The number of aromatic amines is 2.